The summed E-state index contributed by atoms with van der Waals surface area (Å²) in [6.07, 6.45) is 3.15. The normalized spacial score (nSPS) is 21.3. The van der Waals surface area contributed by atoms with Crippen LogP contribution in [0.4, 0.5) is 0 Å². The number of hydrogen-bond donors (Lipinski definition) is 2. The highest BCUT2D eigenvalue weighted by Gasteiger charge is 2.47. The average molecular weight is 384 g/mol. The molecular formula is C20H30ClNO4. The van der Waals surface area contributed by atoms with Gasteiger partial charge in [-0.15, -0.1) is 12.4 Å². The topological polar surface area (TPSA) is 67.8 Å². The standard InChI is InChI=1S/C20H29NO4.ClH/c1-18(2,3)17(23)14-21-19(15-5-4-6-16(22)13-15)7-9-20(10-8-19)24-11-12-25-20;/h4-6,13,21-22H,7-12,14H2,1-3H3;1H. The molecule has 3 rings (SSSR count). The first-order chi connectivity index (χ1) is 11.7. The minimum atomic E-state index is -0.462. The fraction of sp³-hybridized carbons (Fsp3) is 0.650. The Hall–Kier alpha value is -1.14. The zero-order valence-electron chi connectivity index (χ0n) is 15.8. The molecule has 1 saturated heterocycles. The Balaban J connectivity index is 0.00000243. The summed E-state index contributed by atoms with van der Waals surface area (Å²) < 4.78 is 11.7. The molecule has 1 aromatic carbocycles. The van der Waals surface area contributed by atoms with Crippen LogP contribution in [0.5, 0.6) is 5.75 Å². The van der Waals surface area contributed by atoms with Crippen molar-refractivity contribution in [1.82, 2.24) is 5.32 Å². The third-order valence-electron chi connectivity index (χ3n) is 5.50. The van der Waals surface area contributed by atoms with Crippen molar-refractivity contribution in [2.24, 2.45) is 5.41 Å². The molecule has 1 heterocycles. The first-order valence-corrected chi connectivity index (χ1v) is 9.11. The van der Waals surface area contributed by atoms with E-state index in [9.17, 15) is 9.90 Å². The molecule has 0 amide bonds. The predicted molar refractivity (Wildman–Crippen MR) is 103 cm³/mol. The lowest BCUT2D eigenvalue weighted by atomic mass is 9.74. The van der Waals surface area contributed by atoms with Gasteiger partial charge in [-0.05, 0) is 30.5 Å². The number of halogens is 1. The molecule has 0 unspecified atom stereocenters. The lowest BCUT2D eigenvalue weighted by Gasteiger charge is -2.45. The van der Waals surface area contributed by atoms with Crippen LogP contribution in [0.25, 0.3) is 0 Å². The summed E-state index contributed by atoms with van der Waals surface area (Å²) in [4.78, 5) is 12.4. The van der Waals surface area contributed by atoms with Crippen molar-refractivity contribution >= 4 is 18.2 Å². The van der Waals surface area contributed by atoms with E-state index in [4.69, 9.17) is 9.47 Å². The summed E-state index contributed by atoms with van der Waals surface area (Å²) in [6.45, 7) is 7.42. The van der Waals surface area contributed by atoms with E-state index >= 15 is 0 Å². The Morgan fingerprint density at radius 1 is 1.15 bits per heavy atom. The molecule has 0 aromatic heterocycles. The van der Waals surface area contributed by atoms with Crippen molar-refractivity contribution in [2.45, 2.75) is 57.8 Å². The molecule has 146 valence electrons. The Kier molecular flexibility index (Phi) is 6.39. The molecule has 1 aliphatic carbocycles. The van der Waals surface area contributed by atoms with Crippen LogP contribution in [0.2, 0.25) is 0 Å². The van der Waals surface area contributed by atoms with Gasteiger partial charge in [0.25, 0.3) is 0 Å². The first kappa shape index (κ1) is 21.2. The Morgan fingerprint density at radius 3 is 2.31 bits per heavy atom. The minimum Gasteiger partial charge on any atom is -0.508 e. The average Bonchev–Trinajstić information content (AvgIpc) is 3.02. The largest absolute Gasteiger partial charge is 0.508 e. The number of phenols is 1. The van der Waals surface area contributed by atoms with Crippen molar-refractivity contribution in [3.63, 3.8) is 0 Å². The molecule has 0 bridgehead atoms. The summed E-state index contributed by atoms with van der Waals surface area (Å²) >= 11 is 0. The highest BCUT2D eigenvalue weighted by Crippen LogP contribution is 2.45. The molecule has 6 heteroatoms. The van der Waals surface area contributed by atoms with Gasteiger partial charge in [-0.2, -0.15) is 0 Å². The third kappa shape index (κ3) is 4.39. The van der Waals surface area contributed by atoms with Crippen molar-refractivity contribution < 1.29 is 19.4 Å². The van der Waals surface area contributed by atoms with Gasteiger partial charge in [0.1, 0.15) is 5.75 Å². The second-order valence-corrected chi connectivity index (χ2v) is 8.27. The van der Waals surface area contributed by atoms with Crippen LogP contribution in [0.1, 0.15) is 52.0 Å². The molecular weight excluding hydrogens is 354 g/mol. The van der Waals surface area contributed by atoms with E-state index in [1.54, 1.807) is 12.1 Å². The molecule has 2 aliphatic rings. The zero-order valence-corrected chi connectivity index (χ0v) is 16.7. The molecule has 1 saturated carbocycles. The van der Waals surface area contributed by atoms with Crippen LogP contribution in [0, 0.1) is 5.41 Å². The summed E-state index contributed by atoms with van der Waals surface area (Å²) in [5.41, 5.74) is 0.294. The number of ether oxygens (including phenoxy) is 2. The van der Waals surface area contributed by atoms with Crippen LogP contribution in [-0.2, 0) is 19.8 Å². The van der Waals surface area contributed by atoms with Crippen molar-refractivity contribution in [3.8, 4) is 5.75 Å². The Bertz CT molecular complexity index is 625. The number of Topliss-reactive ketones (excluding diaryl/α,β-unsaturated/α-hetero) is 1. The van der Waals surface area contributed by atoms with Gasteiger partial charge in [0.2, 0.25) is 0 Å². The predicted octanol–water partition coefficient (Wildman–Crippen LogP) is 3.53. The second kappa shape index (κ2) is 7.85. The van der Waals surface area contributed by atoms with Gasteiger partial charge >= 0.3 is 0 Å². The van der Waals surface area contributed by atoms with E-state index in [0.717, 1.165) is 31.2 Å². The molecule has 1 aromatic rings. The van der Waals surface area contributed by atoms with Gasteiger partial charge in [-0.25, -0.2) is 0 Å². The summed E-state index contributed by atoms with van der Waals surface area (Å²) in [7, 11) is 0. The number of hydrogen-bond acceptors (Lipinski definition) is 5. The Labute approximate surface area is 161 Å². The number of phenolic OH excluding ortho intramolecular Hbond substituents is 1. The van der Waals surface area contributed by atoms with Crippen LogP contribution >= 0.6 is 12.4 Å². The maximum atomic E-state index is 12.4. The van der Waals surface area contributed by atoms with Crippen molar-refractivity contribution in [3.05, 3.63) is 29.8 Å². The van der Waals surface area contributed by atoms with Gasteiger partial charge in [0.05, 0.1) is 19.8 Å². The number of carbonyl (C=O) groups excluding carboxylic acids is 1. The fourth-order valence-corrected chi connectivity index (χ4v) is 3.73. The summed E-state index contributed by atoms with van der Waals surface area (Å²) in [6, 6.07) is 7.34. The van der Waals surface area contributed by atoms with E-state index in [2.05, 4.69) is 5.32 Å². The van der Waals surface area contributed by atoms with Crippen LogP contribution in [-0.4, -0.2) is 36.4 Å². The van der Waals surface area contributed by atoms with E-state index < -0.39 is 5.79 Å². The van der Waals surface area contributed by atoms with Crippen molar-refractivity contribution in [1.29, 1.82) is 0 Å². The number of nitrogens with one attached hydrogen (secondary N) is 1. The van der Waals surface area contributed by atoms with Crippen LogP contribution in [0.3, 0.4) is 0 Å². The second-order valence-electron chi connectivity index (χ2n) is 8.27. The molecule has 2 fully saturated rings. The maximum Gasteiger partial charge on any atom is 0.168 e. The number of benzene rings is 1. The number of ketones is 1. The highest BCUT2D eigenvalue weighted by atomic mass is 35.5. The quantitative estimate of drug-likeness (QED) is 0.832. The SMILES string of the molecule is CC(C)(C)C(=O)CNC1(c2cccc(O)c2)CCC2(CC1)OCCO2.Cl. The first-order valence-electron chi connectivity index (χ1n) is 9.11. The molecule has 2 N–H and O–H groups in total. The van der Waals surface area contributed by atoms with Gasteiger partial charge in [0.15, 0.2) is 11.6 Å². The molecule has 0 atom stereocenters. The Morgan fingerprint density at radius 2 is 1.77 bits per heavy atom. The number of carbonyl (C=O) groups is 1. The summed E-state index contributed by atoms with van der Waals surface area (Å²) in [5.74, 6) is -0.0362. The lowest BCUT2D eigenvalue weighted by molar-refractivity contribution is -0.187. The van der Waals surface area contributed by atoms with E-state index in [1.165, 1.54) is 0 Å². The van der Waals surface area contributed by atoms with Gasteiger partial charge in [0, 0.05) is 23.8 Å². The maximum absolute atomic E-state index is 12.4. The van der Waals surface area contributed by atoms with E-state index in [0.29, 0.717) is 19.8 Å². The van der Waals surface area contributed by atoms with Crippen LogP contribution < -0.4 is 5.32 Å². The van der Waals surface area contributed by atoms with E-state index in [1.807, 2.05) is 32.9 Å². The van der Waals surface area contributed by atoms with Gasteiger partial charge < -0.3 is 19.9 Å². The molecule has 1 spiro atoms. The third-order valence-corrected chi connectivity index (χ3v) is 5.50. The molecule has 26 heavy (non-hydrogen) atoms. The smallest absolute Gasteiger partial charge is 0.168 e. The van der Waals surface area contributed by atoms with Crippen molar-refractivity contribution in [2.75, 3.05) is 19.8 Å². The molecule has 1 aliphatic heterocycles. The van der Waals surface area contributed by atoms with Crippen LogP contribution in [0.15, 0.2) is 24.3 Å². The number of rotatable bonds is 4. The fourth-order valence-electron chi connectivity index (χ4n) is 3.73. The zero-order chi connectivity index (χ0) is 18.1. The van der Waals surface area contributed by atoms with E-state index in [-0.39, 0.29) is 34.9 Å². The molecule has 0 radical (unpaired) electrons. The van der Waals surface area contributed by atoms with Gasteiger partial charge in [-0.3, -0.25) is 4.79 Å². The van der Waals surface area contributed by atoms with Gasteiger partial charge in [-0.1, -0.05) is 32.9 Å². The lowest BCUT2D eigenvalue weighted by Crippen LogP contribution is -2.52. The minimum absolute atomic E-state index is 0. The number of aromatic hydroxyl groups is 1. The molecule has 5 nitrogen and oxygen atoms in total. The summed E-state index contributed by atoms with van der Waals surface area (Å²) in [5, 5.41) is 13.4. The monoisotopic (exact) mass is 383 g/mol. The highest BCUT2D eigenvalue weighted by molar-refractivity contribution is 5.85.